The number of methoxy groups -OCH3 is 1. The van der Waals surface area contributed by atoms with Crippen LogP contribution in [0.3, 0.4) is 0 Å². The van der Waals surface area contributed by atoms with Crippen molar-refractivity contribution in [1.29, 1.82) is 0 Å². The summed E-state index contributed by atoms with van der Waals surface area (Å²) >= 11 is 12.1. The fourth-order valence-electron chi connectivity index (χ4n) is 4.36. The van der Waals surface area contributed by atoms with Crippen LogP contribution in [-0.4, -0.2) is 48.5 Å². The molecule has 2 aliphatic rings. The van der Waals surface area contributed by atoms with Crippen LogP contribution in [0.15, 0.2) is 36.5 Å². The minimum absolute atomic E-state index is 0.00250. The molecule has 2 aromatic rings. The molecule has 1 aliphatic heterocycles. The number of rotatable bonds is 4. The van der Waals surface area contributed by atoms with Crippen molar-refractivity contribution in [3.05, 3.63) is 52.1 Å². The molecule has 3 atom stereocenters. The number of anilines is 2. The van der Waals surface area contributed by atoms with E-state index in [0.29, 0.717) is 54.0 Å². The van der Waals surface area contributed by atoms with Crippen molar-refractivity contribution in [2.75, 3.05) is 37.4 Å². The number of nitrogens with zero attached hydrogens (tertiary/aromatic N) is 3. The SMILES string of the molecule is COC(=O)[C@H]1CCC1C(=O)N1CCN(c2ncc(Cl)cc2N)C(c2ccc(Cl)cc2)C1. The van der Waals surface area contributed by atoms with Crippen LogP contribution >= 0.6 is 23.2 Å². The molecule has 4 rings (SSSR count). The molecular formula is C22H24Cl2N4O3. The van der Waals surface area contributed by atoms with Crippen molar-refractivity contribution < 1.29 is 14.3 Å². The number of pyridine rings is 1. The number of esters is 1. The molecule has 1 aromatic heterocycles. The first-order chi connectivity index (χ1) is 14.9. The number of hydrogen-bond donors (Lipinski definition) is 1. The van der Waals surface area contributed by atoms with Gasteiger partial charge in [-0.15, -0.1) is 0 Å². The first kappa shape index (κ1) is 21.7. The second-order valence-corrected chi connectivity index (χ2v) is 8.80. The first-order valence-corrected chi connectivity index (χ1v) is 10.9. The highest BCUT2D eigenvalue weighted by Gasteiger charge is 2.45. The number of carbonyl (C=O) groups excluding carboxylic acids is 2. The molecule has 1 amide bonds. The molecule has 2 unspecified atom stereocenters. The summed E-state index contributed by atoms with van der Waals surface area (Å²) in [5, 5.41) is 1.11. The number of nitrogens with two attached hydrogens (primary N) is 1. The third-order valence-electron chi connectivity index (χ3n) is 6.18. The number of carbonyl (C=O) groups is 2. The Kier molecular flexibility index (Phi) is 6.25. The van der Waals surface area contributed by atoms with E-state index in [1.165, 1.54) is 7.11 Å². The first-order valence-electron chi connectivity index (χ1n) is 10.2. The highest BCUT2D eigenvalue weighted by atomic mass is 35.5. The number of aromatic nitrogens is 1. The Hall–Kier alpha value is -2.51. The highest BCUT2D eigenvalue weighted by molar-refractivity contribution is 6.31. The summed E-state index contributed by atoms with van der Waals surface area (Å²) in [6.45, 7) is 1.51. The summed E-state index contributed by atoms with van der Waals surface area (Å²) in [5.41, 5.74) is 7.69. The fourth-order valence-corrected chi connectivity index (χ4v) is 4.65. The second-order valence-electron chi connectivity index (χ2n) is 7.92. The molecule has 0 radical (unpaired) electrons. The molecule has 1 aliphatic carbocycles. The van der Waals surface area contributed by atoms with Crippen LogP contribution in [0.4, 0.5) is 11.5 Å². The van der Waals surface area contributed by atoms with Gasteiger partial charge in [-0.25, -0.2) is 4.98 Å². The smallest absolute Gasteiger partial charge is 0.309 e. The van der Waals surface area contributed by atoms with E-state index >= 15 is 0 Å². The lowest BCUT2D eigenvalue weighted by Crippen LogP contribution is -2.55. The number of ether oxygens (including phenoxy) is 1. The predicted octanol–water partition coefficient (Wildman–Crippen LogP) is 3.56. The monoisotopic (exact) mass is 462 g/mol. The van der Waals surface area contributed by atoms with Gasteiger partial charge < -0.3 is 20.3 Å². The third-order valence-corrected chi connectivity index (χ3v) is 6.63. The van der Waals surface area contributed by atoms with E-state index in [9.17, 15) is 9.59 Å². The van der Waals surface area contributed by atoms with Crippen molar-refractivity contribution in [1.82, 2.24) is 9.88 Å². The standard InChI is InChI=1S/C22H24Cl2N4O3/c1-31-22(30)17-7-6-16(17)21(29)27-8-9-28(20-18(25)10-15(24)11-26-20)19(12-27)13-2-4-14(23)5-3-13/h2-5,10-11,16-17,19H,6-9,12,25H2,1H3/t16?,17-,19?/m0/s1. The van der Waals surface area contributed by atoms with Gasteiger partial charge in [-0.05, 0) is 36.6 Å². The molecule has 1 aromatic carbocycles. The maximum absolute atomic E-state index is 13.2. The van der Waals surface area contributed by atoms with E-state index < -0.39 is 0 Å². The molecular weight excluding hydrogens is 439 g/mol. The number of piperazine rings is 1. The third kappa shape index (κ3) is 4.29. The van der Waals surface area contributed by atoms with Crippen LogP contribution in [0, 0.1) is 11.8 Å². The number of nitrogen functional groups attached to an aromatic ring is 1. The van der Waals surface area contributed by atoms with Gasteiger partial charge in [0.15, 0.2) is 5.82 Å². The van der Waals surface area contributed by atoms with E-state index in [0.717, 1.165) is 5.56 Å². The lowest BCUT2D eigenvalue weighted by atomic mass is 9.72. The van der Waals surface area contributed by atoms with Crippen LogP contribution in [0.25, 0.3) is 0 Å². The Labute approximate surface area is 191 Å². The molecule has 31 heavy (non-hydrogen) atoms. The van der Waals surface area contributed by atoms with Gasteiger partial charge in [-0.2, -0.15) is 0 Å². The summed E-state index contributed by atoms with van der Waals surface area (Å²) in [7, 11) is 1.36. The van der Waals surface area contributed by atoms with Crippen LogP contribution < -0.4 is 10.6 Å². The number of halogens is 2. The molecule has 1 saturated heterocycles. The van der Waals surface area contributed by atoms with Gasteiger partial charge >= 0.3 is 5.97 Å². The lowest BCUT2D eigenvalue weighted by molar-refractivity contribution is -0.159. The van der Waals surface area contributed by atoms with Crippen molar-refractivity contribution >= 4 is 46.6 Å². The maximum Gasteiger partial charge on any atom is 0.309 e. The van der Waals surface area contributed by atoms with E-state index in [-0.39, 0.29) is 29.8 Å². The van der Waals surface area contributed by atoms with E-state index in [1.807, 2.05) is 29.2 Å². The van der Waals surface area contributed by atoms with Crippen molar-refractivity contribution in [3.63, 3.8) is 0 Å². The Morgan fingerprint density at radius 3 is 2.42 bits per heavy atom. The Morgan fingerprint density at radius 1 is 1.10 bits per heavy atom. The van der Waals surface area contributed by atoms with Crippen LogP contribution in [0.1, 0.15) is 24.4 Å². The molecule has 2 fully saturated rings. The molecule has 9 heteroatoms. The zero-order valence-electron chi connectivity index (χ0n) is 17.1. The predicted molar refractivity (Wildman–Crippen MR) is 120 cm³/mol. The number of amides is 1. The average Bonchev–Trinajstić information content (AvgIpc) is 2.73. The minimum atomic E-state index is -0.349. The van der Waals surface area contributed by atoms with Gasteiger partial charge in [0.05, 0.1) is 35.7 Å². The highest BCUT2D eigenvalue weighted by Crippen LogP contribution is 2.39. The topological polar surface area (TPSA) is 88.8 Å². The summed E-state index contributed by atoms with van der Waals surface area (Å²) in [6.07, 6.45) is 2.96. The largest absolute Gasteiger partial charge is 0.469 e. The molecule has 0 bridgehead atoms. The Balaban J connectivity index is 1.60. The fraction of sp³-hybridized carbons (Fsp3) is 0.409. The number of benzene rings is 1. The zero-order chi connectivity index (χ0) is 22.1. The summed E-state index contributed by atoms with van der Waals surface area (Å²) in [6, 6.07) is 9.06. The van der Waals surface area contributed by atoms with Crippen LogP contribution in [0.2, 0.25) is 10.0 Å². The van der Waals surface area contributed by atoms with Gasteiger partial charge in [0, 0.05) is 30.9 Å². The van der Waals surface area contributed by atoms with Gasteiger partial charge in [0.1, 0.15) is 0 Å². The summed E-state index contributed by atoms with van der Waals surface area (Å²) in [4.78, 5) is 33.6. The molecule has 7 nitrogen and oxygen atoms in total. The Morgan fingerprint density at radius 2 is 1.81 bits per heavy atom. The van der Waals surface area contributed by atoms with Crippen molar-refractivity contribution in [3.8, 4) is 0 Å². The number of hydrogen-bond acceptors (Lipinski definition) is 6. The van der Waals surface area contributed by atoms with Gasteiger partial charge in [-0.3, -0.25) is 9.59 Å². The lowest BCUT2D eigenvalue weighted by Gasteiger charge is -2.45. The average molecular weight is 463 g/mol. The second kappa shape index (κ2) is 8.93. The normalized spacial score (nSPS) is 23.3. The molecule has 2 N–H and O–H groups in total. The van der Waals surface area contributed by atoms with E-state index in [1.54, 1.807) is 12.3 Å². The van der Waals surface area contributed by atoms with Crippen molar-refractivity contribution in [2.45, 2.75) is 18.9 Å². The Bertz CT molecular complexity index is 985. The molecule has 164 valence electrons. The van der Waals surface area contributed by atoms with E-state index in [4.69, 9.17) is 33.7 Å². The quantitative estimate of drug-likeness (QED) is 0.698. The maximum atomic E-state index is 13.2. The van der Waals surface area contributed by atoms with Gasteiger partial charge in [0.2, 0.25) is 5.91 Å². The van der Waals surface area contributed by atoms with Crippen molar-refractivity contribution in [2.24, 2.45) is 11.8 Å². The summed E-state index contributed by atoms with van der Waals surface area (Å²) in [5.74, 6) is -0.345. The molecule has 0 spiro atoms. The molecule has 1 saturated carbocycles. The zero-order valence-corrected chi connectivity index (χ0v) is 18.6. The minimum Gasteiger partial charge on any atom is -0.469 e. The van der Waals surface area contributed by atoms with Crippen LogP contribution in [0.5, 0.6) is 0 Å². The van der Waals surface area contributed by atoms with Gasteiger partial charge in [0.25, 0.3) is 0 Å². The van der Waals surface area contributed by atoms with E-state index in [2.05, 4.69) is 9.88 Å². The van der Waals surface area contributed by atoms with Gasteiger partial charge in [-0.1, -0.05) is 35.3 Å². The van der Waals surface area contributed by atoms with Crippen LogP contribution in [-0.2, 0) is 14.3 Å². The molecule has 2 heterocycles. The summed E-state index contributed by atoms with van der Waals surface area (Å²) < 4.78 is 4.86.